The van der Waals surface area contributed by atoms with Gasteiger partial charge in [-0.2, -0.15) is 0 Å². The van der Waals surface area contributed by atoms with Gasteiger partial charge in [0.1, 0.15) is 23.9 Å². The Balaban J connectivity index is 1.58. The van der Waals surface area contributed by atoms with Crippen molar-refractivity contribution in [3.8, 4) is 0 Å². The van der Waals surface area contributed by atoms with Crippen LogP contribution in [0.1, 0.15) is 107 Å². The van der Waals surface area contributed by atoms with Gasteiger partial charge in [0.15, 0.2) is 5.92 Å². The highest BCUT2D eigenvalue weighted by Crippen LogP contribution is 2.65. The van der Waals surface area contributed by atoms with Gasteiger partial charge in [-0.1, -0.05) is 58.0 Å². The fraction of sp³-hybridized carbons (Fsp3) is 0.730. The average Bonchev–Trinajstić information content (AvgIpc) is 3.33. The van der Waals surface area contributed by atoms with Crippen molar-refractivity contribution in [3.05, 3.63) is 35.9 Å². The summed E-state index contributed by atoms with van der Waals surface area (Å²) in [6.45, 7) is 20.8. The first-order valence-electron chi connectivity index (χ1n) is 17.7. The fourth-order valence-corrected chi connectivity index (χ4v) is 7.51. The van der Waals surface area contributed by atoms with E-state index in [1.165, 1.54) is 0 Å². The molecule has 1 aromatic rings. The first-order chi connectivity index (χ1) is 22.6. The molecule has 0 unspecified atom stereocenters. The number of hydrogen-bond acceptors (Lipinski definition) is 9. The molecule has 2 bridgehead atoms. The Morgan fingerprint density at radius 1 is 0.898 bits per heavy atom. The minimum absolute atomic E-state index is 0.0409. The largest absolute Gasteiger partial charge is 0.481 e. The molecule has 0 radical (unpaired) electrons. The molecule has 1 aliphatic heterocycles. The Kier molecular flexibility index (Phi) is 11.5. The highest BCUT2D eigenvalue weighted by atomic mass is 16.7. The fourth-order valence-electron chi connectivity index (χ4n) is 7.51. The van der Waals surface area contributed by atoms with Crippen LogP contribution in [0.25, 0.3) is 0 Å². The van der Waals surface area contributed by atoms with Crippen LogP contribution >= 0.6 is 0 Å². The van der Waals surface area contributed by atoms with Crippen molar-refractivity contribution in [1.29, 1.82) is 0 Å². The summed E-state index contributed by atoms with van der Waals surface area (Å²) in [6.07, 6.45) is 1.12. The van der Waals surface area contributed by atoms with E-state index in [1.54, 1.807) is 53.7 Å². The molecule has 1 aromatic carbocycles. The molecule has 2 N–H and O–H groups in total. The molecule has 12 heteroatoms. The lowest BCUT2D eigenvalue weighted by molar-refractivity contribution is -0.199. The van der Waals surface area contributed by atoms with E-state index in [0.29, 0.717) is 18.3 Å². The second-order valence-corrected chi connectivity index (χ2v) is 17.2. The third-order valence-electron chi connectivity index (χ3n) is 10.0. The summed E-state index contributed by atoms with van der Waals surface area (Å²) in [5.74, 6) is -3.36. The van der Waals surface area contributed by atoms with Crippen molar-refractivity contribution in [2.24, 2.45) is 29.1 Å². The first kappa shape index (κ1) is 38.7. The molecule has 5 rings (SSSR count). The Hall–Kier alpha value is -3.12. The van der Waals surface area contributed by atoms with Gasteiger partial charge in [-0.25, -0.2) is 4.79 Å². The highest BCUT2D eigenvalue weighted by molar-refractivity contribution is 6.48. The maximum absolute atomic E-state index is 14.2. The molecular weight excluding hydrogens is 627 g/mol. The molecule has 49 heavy (non-hydrogen) atoms. The van der Waals surface area contributed by atoms with Crippen LogP contribution in [0.2, 0.25) is 0 Å². The van der Waals surface area contributed by atoms with Crippen LogP contribution in [0, 0.1) is 29.1 Å². The number of ether oxygens (including phenoxy) is 3. The molecule has 272 valence electrons. The Labute approximate surface area is 292 Å². The lowest BCUT2D eigenvalue weighted by Crippen LogP contribution is -2.65. The molecule has 3 saturated carbocycles. The summed E-state index contributed by atoms with van der Waals surface area (Å²) in [5.41, 5.74) is -1.42. The normalized spacial score (nSPS) is 25.5. The third kappa shape index (κ3) is 9.57. The quantitative estimate of drug-likeness (QED) is 0.122. The molecule has 11 nitrogen and oxygen atoms in total. The summed E-state index contributed by atoms with van der Waals surface area (Å²) in [4.78, 5) is 54.3. The van der Waals surface area contributed by atoms with E-state index in [2.05, 4.69) is 31.4 Å². The van der Waals surface area contributed by atoms with Crippen LogP contribution in [0.4, 0.5) is 4.79 Å². The van der Waals surface area contributed by atoms with E-state index in [0.717, 1.165) is 18.4 Å². The lowest BCUT2D eigenvalue weighted by atomic mass is 9.43. The number of carbonyl (C=O) groups excluding carboxylic acids is 4. The number of rotatable bonds is 12. The first-order valence-corrected chi connectivity index (χ1v) is 17.7. The molecule has 6 atom stereocenters. The molecule has 3 aliphatic carbocycles. The van der Waals surface area contributed by atoms with E-state index >= 15 is 0 Å². The summed E-state index contributed by atoms with van der Waals surface area (Å²) >= 11 is 0. The SMILES string of the molecule is CC(C)C[C@H](NC(=O)[C@H](CC(C(=O)OC(C)(C)C)C(=O)OC(C)(C)C)NC(=O)OCc1ccccc1)B1O[C@@H]2C[C@@H]3C[C@@H](C3(C)C)[C@]2(C)O1. The number of alkyl carbamates (subject to hydrolysis) is 1. The van der Waals surface area contributed by atoms with Gasteiger partial charge in [0.05, 0.1) is 17.6 Å². The van der Waals surface area contributed by atoms with Gasteiger partial charge in [-0.05, 0) is 96.5 Å². The number of carbonyl (C=O) groups is 4. The van der Waals surface area contributed by atoms with Gasteiger partial charge in [0.25, 0.3) is 0 Å². The molecule has 0 spiro atoms. The second kappa shape index (κ2) is 14.6. The number of nitrogens with one attached hydrogen (secondary N) is 2. The summed E-state index contributed by atoms with van der Waals surface area (Å²) in [7, 11) is -0.713. The van der Waals surface area contributed by atoms with Crippen LogP contribution in [0.5, 0.6) is 0 Å². The van der Waals surface area contributed by atoms with Gasteiger partial charge < -0.3 is 34.2 Å². The Bertz CT molecular complexity index is 1330. The van der Waals surface area contributed by atoms with Gasteiger partial charge in [-0.3, -0.25) is 14.4 Å². The van der Waals surface area contributed by atoms with Crippen molar-refractivity contribution in [3.63, 3.8) is 0 Å². The summed E-state index contributed by atoms with van der Waals surface area (Å²) < 4.78 is 29.9. The van der Waals surface area contributed by atoms with Crippen molar-refractivity contribution >= 4 is 31.1 Å². The molecule has 1 saturated heterocycles. The molecular formula is C37H57BN2O9. The van der Waals surface area contributed by atoms with E-state index in [9.17, 15) is 19.2 Å². The van der Waals surface area contributed by atoms with Crippen molar-refractivity contribution < 1.29 is 42.7 Å². The molecule has 2 amide bonds. The van der Waals surface area contributed by atoms with Crippen molar-refractivity contribution in [1.82, 2.24) is 10.6 Å². The third-order valence-corrected chi connectivity index (χ3v) is 10.0. The van der Waals surface area contributed by atoms with Crippen molar-refractivity contribution in [2.75, 3.05) is 0 Å². The van der Waals surface area contributed by atoms with Crippen LogP contribution in [-0.2, 0) is 44.5 Å². The molecule has 4 aliphatic rings. The number of benzene rings is 1. The maximum atomic E-state index is 14.2. The summed E-state index contributed by atoms with van der Waals surface area (Å²) in [5, 5.41) is 5.68. The standard InChI is InChI=1S/C37H57BN2O9/c1-22(2)17-29(38-48-28-19-24-18-27(36(24,9)10)37(28,11)49-38)40-30(41)26(39-33(44)45-21-23-15-13-12-14-16-23)20-25(31(42)46-34(3,4)5)32(43)47-35(6,7)8/h12-16,22,24-29H,17-21H2,1-11H3,(H,39,44)(H,40,41)/t24-,26-,27-,28+,29-,37-/m0/s1. The van der Waals surface area contributed by atoms with E-state index in [-0.39, 0.29) is 24.0 Å². The van der Waals surface area contributed by atoms with Crippen molar-refractivity contribution in [2.45, 2.75) is 143 Å². The van der Waals surface area contributed by atoms with Gasteiger partial charge in [-0.15, -0.1) is 0 Å². The van der Waals surface area contributed by atoms with Gasteiger partial charge in [0, 0.05) is 6.42 Å². The monoisotopic (exact) mass is 684 g/mol. The van der Waals surface area contributed by atoms with Gasteiger partial charge in [0.2, 0.25) is 5.91 Å². The maximum Gasteiger partial charge on any atom is 0.481 e. The topological polar surface area (TPSA) is 138 Å². The van der Waals surface area contributed by atoms with Crippen LogP contribution < -0.4 is 10.6 Å². The number of amides is 2. The predicted molar refractivity (Wildman–Crippen MR) is 185 cm³/mol. The zero-order valence-corrected chi connectivity index (χ0v) is 31.2. The lowest BCUT2D eigenvalue weighted by Gasteiger charge is -2.64. The highest BCUT2D eigenvalue weighted by Gasteiger charge is 2.68. The van der Waals surface area contributed by atoms with Crippen LogP contribution in [-0.4, -0.2) is 65.9 Å². The van der Waals surface area contributed by atoms with E-state index < -0.39 is 72.2 Å². The average molecular weight is 685 g/mol. The second-order valence-electron chi connectivity index (χ2n) is 17.2. The van der Waals surface area contributed by atoms with Crippen LogP contribution in [0.15, 0.2) is 30.3 Å². The van der Waals surface area contributed by atoms with Gasteiger partial charge >= 0.3 is 25.2 Å². The van der Waals surface area contributed by atoms with E-state index in [1.807, 2.05) is 32.0 Å². The van der Waals surface area contributed by atoms with E-state index in [4.69, 9.17) is 23.5 Å². The van der Waals surface area contributed by atoms with Crippen LogP contribution in [0.3, 0.4) is 0 Å². The summed E-state index contributed by atoms with van der Waals surface area (Å²) in [6, 6.07) is 7.74. The minimum atomic E-state index is -1.51. The Morgan fingerprint density at radius 2 is 1.49 bits per heavy atom. The Morgan fingerprint density at radius 3 is 2.02 bits per heavy atom. The molecule has 4 fully saturated rings. The number of esters is 2. The zero-order chi connectivity index (χ0) is 36.5. The predicted octanol–water partition coefficient (Wildman–Crippen LogP) is 5.77. The smallest absolute Gasteiger partial charge is 0.459 e. The zero-order valence-electron chi connectivity index (χ0n) is 31.2. The molecule has 0 aromatic heterocycles. The minimum Gasteiger partial charge on any atom is -0.459 e. The number of hydrogen-bond donors (Lipinski definition) is 2. The molecule has 1 heterocycles.